The maximum Gasteiger partial charge on any atom is 0.256 e. The number of hydrogen-bond donors (Lipinski definition) is 1. The maximum absolute atomic E-state index is 13.5. The number of amides is 1. The second kappa shape index (κ2) is 5.12. The topological polar surface area (TPSA) is 52.9 Å². The van der Waals surface area contributed by atoms with Crippen molar-refractivity contribution in [3.8, 4) is 0 Å². The van der Waals surface area contributed by atoms with Crippen LogP contribution < -0.4 is 0 Å². The molecule has 1 aromatic carbocycles. The first kappa shape index (κ1) is 12.5. The second-order valence-corrected chi connectivity index (χ2v) is 4.06. The van der Waals surface area contributed by atoms with Gasteiger partial charge < -0.3 is 10.1 Å². The minimum Gasteiger partial charge on any atom is -0.411 e. The number of halogens is 2. The first-order valence-corrected chi connectivity index (χ1v) is 5.56. The summed E-state index contributed by atoms with van der Waals surface area (Å²) in [4.78, 5) is 13.4. The summed E-state index contributed by atoms with van der Waals surface area (Å²) in [6.07, 6.45) is 0.887. The zero-order chi connectivity index (χ0) is 13.1. The molecule has 1 amide bonds. The molecule has 0 bridgehead atoms. The number of nitrogens with zero attached hydrogens (tertiary/aromatic N) is 2. The lowest BCUT2D eigenvalue weighted by atomic mass is 10.1. The smallest absolute Gasteiger partial charge is 0.256 e. The molecular formula is C12H12F2N2O2. The van der Waals surface area contributed by atoms with Crippen molar-refractivity contribution in [2.45, 2.75) is 12.8 Å². The molecule has 1 aromatic rings. The standard InChI is InChI=1S/C12H12F2N2O2/c13-10-3-1-2-9(11(10)14)12(17)16-6-4-8(15-18)5-7-16/h1-3,18H,4-7H2. The normalized spacial score (nSPS) is 15.7. The van der Waals surface area contributed by atoms with Gasteiger partial charge in [-0.15, -0.1) is 0 Å². The second-order valence-electron chi connectivity index (χ2n) is 4.06. The molecule has 1 aliphatic heterocycles. The van der Waals surface area contributed by atoms with E-state index < -0.39 is 17.5 Å². The van der Waals surface area contributed by atoms with E-state index in [1.54, 1.807) is 0 Å². The van der Waals surface area contributed by atoms with Gasteiger partial charge in [-0.2, -0.15) is 0 Å². The van der Waals surface area contributed by atoms with Crippen LogP contribution in [-0.4, -0.2) is 34.8 Å². The minimum absolute atomic E-state index is 0.264. The molecule has 1 heterocycles. The molecule has 1 N–H and O–H groups in total. The highest BCUT2D eigenvalue weighted by molar-refractivity contribution is 5.96. The van der Waals surface area contributed by atoms with Crippen molar-refractivity contribution in [1.82, 2.24) is 4.90 Å². The average Bonchev–Trinajstić information content (AvgIpc) is 2.41. The predicted octanol–water partition coefficient (Wildman–Crippen LogP) is 2.03. The molecular weight excluding hydrogens is 242 g/mol. The third-order valence-electron chi connectivity index (χ3n) is 2.95. The summed E-state index contributed by atoms with van der Waals surface area (Å²) in [6, 6.07) is 3.53. The Morgan fingerprint density at radius 1 is 1.28 bits per heavy atom. The van der Waals surface area contributed by atoms with Gasteiger partial charge in [-0.05, 0) is 12.1 Å². The number of carbonyl (C=O) groups excluding carboxylic acids is 1. The van der Waals surface area contributed by atoms with Crippen LogP contribution in [0.3, 0.4) is 0 Å². The number of likely N-dealkylation sites (tertiary alicyclic amines) is 1. The van der Waals surface area contributed by atoms with Crippen LogP contribution in [0.1, 0.15) is 23.2 Å². The molecule has 0 aromatic heterocycles. The quantitative estimate of drug-likeness (QED) is 0.616. The molecule has 1 saturated heterocycles. The lowest BCUT2D eigenvalue weighted by Crippen LogP contribution is -2.39. The lowest BCUT2D eigenvalue weighted by molar-refractivity contribution is 0.0748. The number of piperidine rings is 1. The van der Waals surface area contributed by atoms with Gasteiger partial charge in [0, 0.05) is 25.9 Å². The molecule has 6 heteroatoms. The maximum atomic E-state index is 13.5. The van der Waals surface area contributed by atoms with E-state index >= 15 is 0 Å². The van der Waals surface area contributed by atoms with Crippen molar-refractivity contribution in [1.29, 1.82) is 0 Å². The Hall–Kier alpha value is -1.98. The van der Waals surface area contributed by atoms with Crippen molar-refractivity contribution in [3.63, 3.8) is 0 Å². The Morgan fingerprint density at radius 3 is 2.56 bits per heavy atom. The van der Waals surface area contributed by atoms with Gasteiger partial charge in [-0.1, -0.05) is 11.2 Å². The van der Waals surface area contributed by atoms with Crippen LogP contribution in [0.15, 0.2) is 23.4 Å². The average molecular weight is 254 g/mol. The molecule has 2 rings (SSSR count). The lowest BCUT2D eigenvalue weighted by Gasteiger charge is -2.27. The van der Waals surface area contributed by atoms with E-state index in [1.165, 1.54) is 17.0 Å². The molecule has 4 nitrogen and oxygen atoms in total. The Balaban J connectivity index is 2.15. The van der Waals surface area contributed by atoms with Gasteiger partial charge in [0.15, 0.2) is 11.6 Å². The van der Waals surface area contributed by atoms with Gasteiger partial charge in [0.05, 0.1) is 11.3 Å². The third kappa shape index (κ3) is 2.32. The fraction of sp³-hybridized carbons (Fsp3) is 0.333. The van der Waals surface area contributed by atoms with E-state index in [4.69, 9.17) is 5.21 Å². The first-order valence-electron chi connectivity index (χ1n) is 5.56. The number of carbonyl (C=O) groups is 1. The molecule has 1 fully saturated rings. The Labute approximate surface area is 103 Å². The van der Waals surface area contributed by atoms with Crippen LogP contribution in [0.25, 0.3) is 0 Å². The summed E-state index contributed by atoms with van der Waals surface area (Å²) in [6.45, 7) is 0.683. The SMILES string of the molecule is O=C(c1cccc(F)c1F)N1CCC(=NO)CC1. The Morgan fingerprint density at radius 2 is 1.94 bits per heavy atom. The zero-order valence-electron chi connectivity index (χ0n) is 9.57. The van der Waals surface area contributed by atoms with Gasteiger partial charge in [0.1, 0.15) is 0 Å². The highest BCUT2D eigenvalue weighted by Gasteiger charge is 2.24. The molecule has 0 radical (unpaired) electrons. The fourth-order valence-corrected chi connectivity index (χ4v) is 1.91. The summed E-state index contributed by atoms with van der Waals surface area (Å²) < 4.78 is 26.5. The molecule has 1 aliphatic rings. The molecule has 0 atom stereocenters. The molecule has 0 spiro atoms. The zero-order valence-corrected chi connectivity index (χ0v) is 9.57. The summed E-state index contributed by atoms with van der Waals surface area (Å²) >= 11 is 0. The van der Waals surface area contributed by atoms with E-state index in [0.717, 1.165) is 6.07 Å². The van der Waals surface area contributed by atoms with Crippen LogP contribution in [0.4, 0.5) is 8.78 Å². The minimum atomic E-state index is -1.12. The van der Waals surface area contributed by atoms with Crippen LogP contribution in [0.2, 0.25) is 0 Å². The number of oxime groups is 1. The van der Waals surface area contributed by atoms with E-state index in [9.17, 15) is 13.6 Å². The molecule has 0 aliphatic carbocycles. The first-order chi connectivity index (χ1) is 8.63. The van der Waals surface area contributed by atoms with E-state index in [-0.39, 0.29) is 5.56 Å². The highest BCUT2D eigenvalue weighted by atomic mass is 19.2. The van der Waals surface area contributed by atoms with Crippen LogP contribution >= 0.6 is 0 Å². The van der Waals surface area contributed by atoms with E-state index in [0.29, 0.717) is 31.6 Å². The van der Waals surface area contributed by atoms with Crippen molar-refractivity contribution < 1.29 is 18.8 Å². The van der Waals surface area contributed by atoms with Crippen molar-refractivity contribution >= 4 is 11.6 Å². The summed E-state index contributed by atoms with van der Waals surface area (Å²) in [5.41, 5.74) is 0.346. The predicted molar refractivity (Wildman–Crippen MR) is 60.7 cm³/mol. The Kier molecular flexibility index (Phi) is 3.55. The third-order valence-corrected chi connectivity index (χ3v) is 2.95. The van der Waals surface area contributed by atoms with Gasteiger partial charge in [-0.25, -0.2) is 8.78 Å². The van der Waals surface area contributed by atoms with Gasteiger partial charge in [-0.3, -0.25) is 4.79 Å². The van der Waals surface area contributed by atoms with Crippen molar-refractivity contribution in [2.75, 3.05) is 13.1 Å². The fourth-order valence-electron chi connectivity index (χ4n) is 1.91. The molecule has 0 unspecified atom stereocenters. The van der Waals surface area contributed by atoms with Gasteiger partial charge in [0.25, 0.3) is 5.91 Å². The number of rotatable bonds is 1. The van der Waals surface area contributed by atoms with E-state index in [1.807, 2.05) is 0 Å². The number of benzene rings is 1. The van der Waals surface area contributed by atoms with Crippen LogP contribution in [0.5, 0.6) is 0 Å². The summed E-state index contributed by atoms with van der Waals surface area (Å²) in [7, 11) is 0. The van der Waals surface area contributed by atoms with Crippen LogP contribution in [0, 0.1) is 11.6 Å². The molecule has 96 valence electrons. The molecule has 0 saturated carbocycles. The summed E-state index contributed by atoms with van der Waals surface area (Å²) in [5, 5.41) is 11.7. The van der Waals surface area contributed by atoms with Crippen LogP contribution in [-0.2, 0) is 0 Å². The van der Waals surface area contributed by atoms with E-state index in [2.05, 4.69) is 5.16 Å². The van der Waals surface area contributed by atoms with Crippen molar-refractivity contribution in [3.05, 3.63) is 35.4 Å². The summed E-state index contributed by atoms with van der Waals surface area (Å²) in [5.74, 6) is -2.69. The number of hydrogen-bond acceptors (Lipinski definition) is 3. The largest absolute Gasteiger partial charge is 0.411 e. The van der Waals surface area contributed by atoms with Gasteiger partial charge in [0.2, 0.25) is 0 Å². The van der Waals surface area contributed by atoms with Crippen molar-refractivity contribution in [2.24, 2.45) is 5.16 Å². The Bertz CT molecular complexity index is 493. The highest BCUT2D eigenvalue weighted by Crippen LogP contribution is 2.16. The monoisotopic (exact) mass is 254 g/mol. The molecule has 18 heavy (non-hydrogen) atoms. The van der Waals surface area contributed by atoms with Gasteiger partial charge >= 0.3 is 0 Å².